The molecule has 0 spiro atoms. The highest BCUT2D eigenvalue weighted by atomic mass is 32.2. The minimum absolute atomic E-state index is 0.0207. The van der Waals surface area contributed by atoms with Gasteiger partial charge >= 0.3 is 17.9 Å². The first-order valence-electron chi connectivity index (χ1n) is 12.7. The average Bonchev–Trinajstić information content (AvgIpc) is 3.53. The summed E-state index contributed by atoms with van der Waals surface area (Å²) in [7, 11) is 1.71. The van der Waals surface area contributed by atoms with Gasteiger partial charge in [0.15, 0.2) is 10.8 Å². The molecule has 1 fully saturated rings. The Balaban J connectivity index is 1.35. The minimum Gasteiger partial charge on any atom is -0.478 e. The predicted molar refractivity (Wildman–Crippen MR) is 159 cm³/mol. The molecule has 0 aliphatic carbocycles. The van der Waals surface area contributed by atoms with Gasteiger partial charge in [0, 0.05) is 28.1 Å². The van der Waals surface area contributed by atoms with Gasteiger partial charge in [-0.25, -0.2) is 19.1 Å². The van der Waals surface area contributed by atoms with Crippen molar-refractivity contribution in [3.63, 3.8) is 0 Å². The van der Waals surface area contributed by atoms with Crippen molar-refractivity contribution in [2.75, 3.05) is 28.7 Å². The number of carboxylic acids is 2. The van der Waals surface area contributed by atoms with E-state index in [1.54, 1.807) is 24.6 Å². The van der Waals surface area contributed by atoms with Crippen molar-refractivity contribution in [1.82, 2.24) is 29.8 Å². The van der Waals surface area contributed by atoms with Crippen LogP contribution < -0.4 is 27.1 Å². The van der Waals surface area contributed by atoms with Crippen molar-refractivity contribution in [2.24, 2.45) is 12.2 Å². The average molecular weight is 665 g/mol. The van der Waals surface area contributed by atoms with E-state index in [2.05, 4.69) is 25.5 Å². The van der Waals surface area contributed by atoms with E-state index in [1.165, 1.54) is 33.4 Å². The molecule has 232 valence electrons. The number of thiazole rings is 1. The van der Waals surface area contributed by atoms with Crippen LogP contribution in [0.15, 0.2) is 33.0 Å². The fourth-order valence-electron chi connectivity index (χ4n) is 4.36. The maximum atomic E-state index is 13.3. The van der Waals surface area contributed by atoms with Crippen LogP contribution in [0.2, 0.25) is 0 Å². The van der Waals surface area contributed by atoms with E-state index in [0.29, 0.717) is 16.4 Å². The molecular weight excluding hydrogens is 639 g/mol. The van der Waals surface area contributed by atoms with Crippen LogP contribution >= 0.6 is 34.9 Å². The van der Waals surface area contributed by atoms with Crippen molar-refractivity contribution in [3.8, 4) is 0 Å². The number of hydrogen-bond acceptors (Lipinski definition) is 15. The molecule has 3 aromatic rings. The molecular formula is C23H26N11O7S3+. The van der Waals surface area contributed by atoms with E-state index < -0.39 is 41.3 Å². The number of β-lactam (4-membered cyclic amide) rings is 1. The van der Waals surface area contributed by atoms with E-state index in [4.69, 9.17) is 22.0 Å². The number of anilines is 3. The third-order valence-electron chi connectivity index (χ3n) is 6.60. The topological polar surface area (TPSA) is 271 Å². The van der Waals surface area contributed by atoms with Crippen molar-refractivity contribution < 1.29 is 38.8 Å². The first-order chi connectivity index (χ1) is 20.9. The van der Waals surface area contributed by atoms with Crippen molar-refractivity contribution in [1.29, 1.82) is 0 Å². The van der Waals surface area contributed by atoms with E-state index in [-0.39, 0.29) is 51.9 Å². The summed E-state index contributed by atoms with van der Waals surface area (Å²) >= 11 is 3.46. The first kappa shape index (κ1) is 30.8. The number of fused-ring (bicyclic) bond motifs is 2. The summed E-state index contributed by atoms with van der Waals surface area (Å²) in [5, 5.41) is 31.1. The van der Waals surface area contributed by atoms with Gasteiger partial charge < -0.3 is 37.6 Å². The van der Waals surface area contributed by atoms with E-state index >= 15 is 0 Å². The number of rotatable bonds is 11. The van der Waals surface area contributed by atoms with E-state index in [9.17, 15) is 29.4 Å². The van der Waals surface area contributed by atoms with Crippen LogP contribution in [0.4, 0.5) is 16.9 Å². The first-order valence-corrected chi connectivity index (χ1v) is 15.6. The normalized spacial score (nSPS) is 19.0. The number of aliphatic carboxylic acids is 2. The van der Waals surface area contributed by atoms with Gasteiger partial charge in [-0.1, -0.05) is 28.4 Å². The van der Waals surface area contributed by atoms with Gasteiger partial charge in [0.05, 0.1) is 7.05 Å². The Morgan fingerprint density at radius 3 is 2.68 bits per heavy atom. The second-order valence-electron chi connectivity index (χ2n) is 9.41. The molecule has 18 nitrogen and oxygen atoms in total. The quantitative estimate of drug-likeness (QED) is 0.0353. The van der Waals surface area contributed by atoms with Gasteiger partial charge in [0.25, 0.3) is 11.8 Å². The highest BCUT2D eigenvalue weighted by molar-refractivity contribution is 8.01. The van der Waals surface area contributed by atoms with E-state index in [0.717, 1.165) is 16.2 Å². The molecule has 2 amide bonds. The summed E-state index contributed by atoms with van der Waals surface area (Å²) < 4.78 is 3.12. The molecule has 5 heterocycles. The molecule has 3 aromatic heterocycles. The summed E-state index contributed by atoms with van der Waals surface area (Å²) in [5.41, 5.74) is 18.0. The predicted octanol–water partition coefficient (Wildman–Crippen LogP) is -1.13. The van der Waals surface area contributed by atoms with Crippen molar-refractivity contribution in [3.05, 3.63) is 28.4 Å². The number of amides is 2. The number of nitrogens with one attached hydrogen (secondary N) is 1. The van der Waals surface area contributed by atoms with Gasteiger partial charge in [0.1, 0.15) is 28.6 Å². The summed E-state index contributed by atoms with van der Waals surface area (Å²) in [4.78, 5) is 64.7. The zero-order chi connectivity index (χ0) is 31.9. The molecule has 2 aliphatic heterocycles. The Bertz CT molecular complexity index is 1750. The molecule has 0 aromatic carbocycles. The fourth-order valence-corrected chi connectivity index (χ4v) is 7.35. The van der Waals surface area contributed by atoms with Gasteiger partial charge in [0.2, 0.25) is 16.9 Å². The standard InChI is InChI=1S/C23H25N11O7S3/c1-3-10(19(37)38)41-31-13(9-7-43-22(26)27-9)16(35)29-14-17(36)33-15(20(39)40)8(5-42-18(14)33)6-44-23-28-11(24)4-12-32(2)21(25)30-34(12)23/h4,7,10,14,18,24H,3,5-6H2,1-2H3,(H7,25,26,27,29,30,35,37,38,39,40)/p+1/b31-13-/t10-,14?,18+/m1/s1. The number of hydrogen-bond donors (Lipinski definition) is 6. The Morgan fingerprint density at radius 2 is 2.05 bits per heavy atom. The van der Waals surface area contributed by atoms with Crippen LogP contribution in [0.3, 0.4) is 0 Å². The smallest absolute Gasteiger partial charge is 0.376 e. The molecule has 0 bridgehead atoms. The molecule has 21 heteroatoms. The van der Waals surface area contributed by atoms with Crippen molar-refractivity contribution in [2.45, 2.75) is 36.0 Å². The zero-order valence-corrected chi connectivity index (χ0v) is 25.5. The number of carbonyl (C=O) groups is 4. The van der Waals surface area contributed by atoms with E-state index in [1.807, 2.05) is 0 Å². The SMILES string of the molecule is CC[C@@H](O/N=C(\C(=O)NC1C(=O)N2C(C(=O)O)=C(CSc3nc(N)cc4n3nc(N)[n+]4C)CS[C@@H]12)c1csc(N)n1)C(=O)O. The lowest BCUT2D eigenvalue weighted by Gasteiger charge is -2.49. The molecule has 1 unspecified atom stereocenters. The summed E-state index contributed by atoms with van der Waals surface area (Å²) in [6.07, 6.45) is -1.25. The lowest BCUT2D eigenvalue weighted by Crippen LogP contribution is -2.71. The largest absolute Gasteiger partial charge is 0.478 e. The van der Waals surface area contributed by atoms with Crippen LogP contribution in [-0.4, -0.2) is 93.2 Å². The Kier molecular flexibility index (Phi) is 8.52. The fraction of sp³-hybridized carbons (Fsp3) is 0.348. The van der Waals surface area contributed by atoms with Crippen LogP contribution in [0.5, 0.6) is 0 Å². The number of carbonyl (C=O) groups excluding carboxylic acids is 2. The summed E-state index contributed by atoms with van der Waals surface area (Å²) in [6, 6.07) is 0.504. The molecule has 9 N–H and O–H groups in total. The zero-order valence-electron chi connectivity index (χ0n) is 23.0. The minimum atomic E-state index is -1.32. The van der Waals surface area contributed by atoms with Gasteiger partial charge in [-0.05, 0) is 12.0 Å². The Labute approximate surface area is 260 Å². The number of aromatic nitrogens is 5. The van der Waals surface area contributed by atoms with Crippen LogP contribution in [0.1, 0.15) is 19.0 Å². The van der Waals surface area contributed by atoms with Gasteiger partial charge in [-0.2, -0.15) is 4.98 Å². The second kappa shape index (κ2) is 12.2. The number of carboxylic acid groups (broad SMARTS) is 2. The molecule has 3 atom stereocenters. The number of nitrogens with zero attached hydrogens (tertiary/aromatic N) is 7. The van der Waals surface area contributed by atoms with Crippen LogP contribution in [-0.2, 0) is 31.1 Å². The third-order valence-corrected chi connectivity index (χ3v) is 9.63. The lowest BCUT2D eigenvalue weighted by atomic mass is 10.0. The molecule has 0 radical (unpaired) electrons. The number of thioether (sulfide) groups is 2. The van der Waals surface area contributed by atoms with Crippen LogP contribution in [0, 0.1) is 0 Å². The molecule has 5 rings (SSSR count). The highest BCUT2D eigenvalue weighted by Gasteiger charge is 2.54. The molecule has 2 aliphatic rings. The summed E-state index contributed by atoms with van der Waals surface area (Å²) in [6.45, 7) is 1.57. The number of aryl methyl sites for hydroxylation is 1. The molecule has 44 heavy (non-hydrogen) atoms. The maximum Gasteiger partial charge on any atom is 0.376 e. The monoisotopic (exact) mass is 664 g/mol. The molecule has 0 saturated carbocycles. The number of oxime groups is 1. The molecule has 1 saturated heterocycles. The highest BCUT2D eigenvalue weighted by Crippen LogP contribution is 2.41. The van der Waals surface area contributed by atoms with Crippen molar-refractivity contribution >= 4 is 86.9 Å². The Hall–Kier alpha value is -4.63. The third kappa shape index (κ3) is 5.67. The Morgan fingerprint density at radius 1 is 1.30 bits per heavy atom. The summed E-state index contributed by atoms with van der Waals surface area (Å²) in [5.74, 6) is -3.28. The van der Waals surface area contributed by atoms with Gasteiger partial charge in [-0.3, -0.25) is 14.5 Å². The lowest BCUT2D eigenvalue weighted by molar-refractivity contribution is -0.631. The number of nitrogens with two attached hydrogens (primary N) is 3. The maximum absolute atomic E-state index is 13.3. The number of nitrogen functional groups attached to an aromatic ring is 3. The van der Waals surface area contributed by atoms with Gasteiger partial charge in [-0.15, -0.1) is 23.1 Å². The van der Waals surface area contributed by atoms with Crippen LogP contribution in [0.25, 0.3) is 5.65 Å². The second-order valence-corrected chi connectivity index (χ2v) is 12.3.